The zero-order valence-corrected chi connectivity index (χ0v) is 18.7. The van der Waals surface area contributed by atoms with E-state index in [4.69, 9.17) is 9.47 Å². The summed E-state index contributed by atoms with van der Waals surface area (Å²) in [5, 5.41) is 2.84. The van der Waals surface area contributed by atoms with Crippen LogP contribution >= 0.6 is 0 Å². The predicted octanol–water partition coefficient (Wildman–Crippen LogP) is 1.83. The molecule has 0 aromatic heterocycles. The van der Waals surface area contributed by atoms with E-state index >= 15 is 0 Å². The van der Waals surface area contributed by atoms with E-state index in [0.717, 1.165) is 47.7 Å². The molecule has 1 aliphatic rings. The first kappa shape index (κ1) is 22.6. The van der Waals surface area contributed by atoms with Crippen LogP contribution in [0.5, 0.6) is 11.5 Å². The molecule has 7 heteroatoms. The third-order valence-corrected chi connectivity index (χ3v) is 5.82. The van der Waals surface area contributed by atoms with Crippen LogP contribution in [-0.4, -0.2) is 57.6 Å². The number of benzene rings is 2. The number of quaternary nitrogens is 1. The third kappa shape index (κ3) is 5.76. The number of rotatable bonds is 8. The Hall–Kier alpha value is -3.06. The van der Waals surface area contributed by atoms with Crippen LogP contribution in [0.1, 0.15) is 30.0 Å². The van der Waals surface area contributed by atoms with Gasteiger partial charge in [-0.05, 0) is 37.3 Å². The lowest BCUT2D eigenvalue weighted by Crippen LogP contribution is -3.11. The van der Waals surface area contributed by atoms with Gasteiger partial charge in [-0.3, -0.25) is 9.59 Å². The summed E-state index contributed by atoms with van der Waals surface area (Å²) in [5.41, 5.74) is 2.91. The summed E-state index contributed by atoms with van der Waals surface area (Å²) >= 11 is 0. The number of amides is 2. The molecule has 2 atom stereocenters. The Kier molecular flexibility index (Phi) is 7.52. The number of aryl methyl sites for hydroxylation is 1. The molecule has 31 heavy (non-hydrogen) atoms. The Balaban J connectivity index is 1.61. The van der Waals surface area contributed by atoms with E-state index < -0.39 is 0 Å². The molecular formula is C24H32N3O4+. The van der Waals surface area contributed by atoms with Gasteiger partial charge in [0.15, 0.2) is 6.54 Å². The molecule has 3 rings (SSSR count). The molecule has 0 saturated carbocycles. The largest absolute Gasteiger partial charge is 0.497 e. The van der Waals surface area contributed by atoms with E-state index in [1.807, 2.05) is 49.4 Å². The molecule has 2 aromatic carbocycles. The summed E-state index contributed by atoms with van der Waals surface area (Å²) in [6.07, 6.45) is 2.01. The average molecular weight is 427 g/mol. The first-order chi connectivity index (χ1) is 14.9. The highest BCUT2D eigenvalue weighted by Crippen LogP contribution is 2.31. The van der Waals surface area contributed by atoms with E-state index in [-0.39, 0.29) is 24.4 Å². The van der Waals surface area contributed by atoms with Gasteiger partial charge < -0.3 is 24.6 Å². The van der Waals surface area contributed by atoms with Crippen LogP contribution in [0.25, 0.3) is 0 Å². The van der Waals surface area contributed by atoms with Crippen molar-refractivity contribution in [2.24, 2.45) is 0 Å². The summed E-state index contributed by atoms with van der Waals surface area (Å²) in [6, 6.07) is 13.5. The van der Waals surface area contributed by atoms with E-state index in [0.29, 0.717) is 6.54 Å². The van der Waals surface area contributed by atoms with Crippen molar-refractivity contribution in [2.75, 3.05) is 46.2 Å². The van der Waals surface area contributed by atoms with Crippen LogP contribution in [0.3, 0.4) is 0 Å². The van der Waals surface area contributed by atoms with Crippen molar-refractivity contribution in [1.29, 1.82) is 0 Å². The first-order valence-electron chi connectivity index (χ1n) is 10.6. The zero-order chi connectivity index (χ0) is 22.4. The quantitative estimate of drug-likeness (QED) is 0.676. The number of carbonyl (C=O) groups is 2. The molecule has 1 saturated heterocycles. The fourth-order valence-corrected chi connectivity index (χ4v) is 4.08. The number of hydrogen-bond acceptors (Lipinski definition) is 4. The second kappa shape index (κ2) is 10.3. The number of nitrogens with zero attached hydrogens (tertiary/aromatic N) is 1. The molecular weight excluding hydrogens is 394 g/mol. The summed E-state index contributed by atoms with van der Waals surface area (Å²) in [5.74, 6) is 1.33. The van der Waals surface area contributed by atoms with Gasteiger partial charge >= 0.3 is 0 Å². The third-order valence-electron chi connectivity index (χ3n) is 5.82. The van der Waals surface area contributed by atoms with Crippen LogP contribution in [0.15, 0.2) is 42.5 Å². The van der Waals surface area contributed by atoms with E-state index in [1.165, 1.54) is 9.80 Å². The minimum absolute atomic E-state index is 0.0210. The summed E-state index contributed by atoms with van der Waals surface area (Å²) in [7, 11) is 4.98. The lowest BCUT2D eigenvalue weighted by Gasteiger charge is -2.25. The molecule has 0 aliphatic carbocycles. The van der Waals surface area contributed by atoms with E-state index in [1.54, 1.807) is 21.3 Å². The fourth-order valence-electron chi connectivity index (χ4n) is 4.08. The van der Waals surface area contributed by atoms with Gasteiger partial charge in [0.2, 0.25) is 5.91 Å². The van der Waals surface area contributed by atoms with Crippen molar-refractivity contribution in [3.8, 4) is 11.5 Å². The molecule has 2 N–H and O–H groups in total. The Morgan fingerprint density at radius 2 is 1.87 bits per heavy atom. The average Bonchev–Trinajstić information content (AvgIpc) is 3.22. The lowest BCUT2D eigenvalue weighted by molar-refractivity contribution is -0.910. The highest BCUT2D eigenvalue weighted by molar-refractivity contribution is 5.94. The van der Waals surface area contributed by atoms with Gasteiger partial charge in [0, 0.05) is 25.6 Å². The Bertz CT molecular complexity index is 914. The highest BCUT2D eigenvalue weighted by atomic mass is 16.5. The molecule has 1 heterocycles. The molecule has 0 bridgehead atoms. The van der Waals surface area contributed by atoms with Crippen LogP contribution in [0.4, 0.5) is 5.69 Å². The normalized spacial score (nSPS) is 17.8. The number of methoxy groups -OCH3 is 2. The van der Waals surface area contributed by atoms with Gasteiger partial charge in [0.25, 0.3) is 5.91 Å². The number of ether oxygens (including phenoxy) is 2. The van der Waals surface area contributed by atoms with Crippen molar-refractivity contribution < 1.29 is 24.0 Å². The van der Waals surface area contributed by atoms with Crippen LogP contribution in [0.2, 0.25) is 0 Å². The van der Waals surface area contributed by atoms with E-state index in [2.05, 4.69) is 5.32 Å². The summed E-state index contributed by atoms with van der Waals surface area (Å²) < 4.78 is 10.9. The zero-order valence-electron chi connectivity index (χ0n) is 18.7. The molecule has 1 aliphatic heterocycles. The Morgan fingerprint density at radius 3 is 2.55 bits per heavy atom. The fraction of sp³-hybridized carbons (Fsp3) is 0.417. The lowest BCUT2D eigenvalue weighted by atomic mass is 10.0. The number of hydrogen-bond donors (Lipinski definition) is 2. The van der Waals surface area contributed by atoms with Gasteiger partial charge in [-0.2, -0.15) is 0 Å². The Morgan fingerprint density at radius 1 is 1.13 bits per heavy atom. The van der Waals surface area contributed by atoms with Crippen LogP contribution in [-0.2, 0) is 9.59 Å². The van der Waals surface area contributed by atoms with Crippen molar-refractivity contribution in [3.05, 3.63) is 53.6 Å². The van der Waals surface area contributed by atoms with Crippen molar-refractivity contribution in [3.63, 3.8) is 0 Å². The topological polar surface area (TPSA) is 72.3 Å². The first-order valence-corrected chi connectivity index (χ1v) is 10.6. The maximum atomic E-state index is 12.9. The minimum atomic E-state index is -0.206. The Labute approximate surface area is 183 Å². The van der Waals surface area contributed by atoms with Gasteiger partial charge in [-0.15, -0.1) is 0 Å². The van der Waals surface area contributed by atoms with Gasteiger partial charge in [-0.25, -0.2) is 0 Å². The summed E-state index contributed by atoms with van der Waals surface area (Å²) in [6.45, 7) is 3.25. The number of nitrogens with one attached hydrogen (secondary N) is 2. The maximum Gasteiger partial charge on any atom is 0.277 e. The number of likely N-dealkylation sites (N-methyl/N-ethyl adjacent to an activating group) is 1. The highest BCUT2D eigenvalue weighted by Gasteiger charge is 2.34. The van der Waals surface area contributed by atoms with Crippen molar-refractivity contribution >= 4 is 17.5 Å². The molecule has 0 spiro atoms. The second-order valence-corrected chi connectivity index (χ2v) is 8.05. The second-order valence-electron chi connectivity index (χ2n) is 8.05. The number of anilines is 1. The SMILES string of the molecule is COc1ccc(OC)c([C@@H]2CCC[NH+]2CC(=O)N(C)CC(=O)Nc2ccc(C)cc2)c1. The number of carbonyl (C=O) groups excluding carboxylic acids is 2. The number of likely N-dealkylation sites (tertiary alicyclic amines) is 1. The molecule has 2 amide bonds. The molecule has 0 radical (unpaired) electrons. The van der Waals surface area contributed by atoms with Crippen molar-refractivity contribution in [1.82, 2.24) is 4.90 Å². The van der Waals surface area contributed by atoms with Gasteiger partial charge in [0.05, 0.1) is 32.9 Å². The molecule has 1 unspecified atom stereocenters. The van der Waals surface area contributed by atoms with Crippen LogP contribution < -0.4 is 19.7 Å². The summed E-state index contributed by atoms with van der Waals surface area (Å²) in [4.78, 5) is 27.9. The molecule has 2 aromatic rings. The smallest absolute Gasteiger partial charge is 0.277 e. The molecule has 166 valence electrons. The monoisotopic (exact) mass is 426 g/mol. The molecule has 7 nitrogen and oxygen atoms in total. The van der Waals surface area contributed by atoms with Gasteiger partial charge in [-0.1, -0.05) is 17.7 Å². The molecule has 1 fully saturated rings. The van der Waals surface area contributed by atoms with Crippen LogP contribution in [0, 0.1) is 6.92 Å². The van der Waals surface area contributed by atoms with Gasteiger partial charge in [0.1, 0.15) is 17.5 Å². The standard InChI is InChI=1S/C24H31N3O4/c1-17-7-9-18(10-8-17)25-23(28)15-26(2)24(29)16-27-13-5-6-21(27)20-14-19(30-3)11-12-22(20)31-4/h7-12,14,21H,5-6,13,15-16H2,1-4H3,(H,25,28)/p+1/t21-/m0/s1. The van der Waals surface area contributed by atoms with Crippen molar-refractivity contribution in [2.45, 2.75) is 25.8 Å². The minimum Gasteiger partial charge on any atom is -0.497 e. The maximum absolute atomic E-state index is 12.9. The predicted molar refractivity (Wildman–Crippen MR) is 120 cm³/mol. The van der Waals surface area contributed by atoms with E-state index in [9.17, 15) is 9.59 Å².